The largest absolute Gasteiger partial charge is 0.385 e. The quantitative estimate of drug-likeness (QED) is 0.639. The molecule has 0 aromatic heterocycles. The molecule has 2 aliphatic heterocycles. The van der Waals surface area contributed by atoms with Gasteiger partial charge in [-0.2, -0.15) is 0 Å². The first kappa shape index (κ1) is 13.8. The molecule has 2 rings (SSSR count). The lowest BCUT2D eigenvalue weighted by Gasteiger charge is -2.23. The molecule has 2 heterocycles. The monoisotopic (exact) mass is 255 g/mol. The van der Waals surface area contributed by atoms with E-state index in [4.69, 9.17) is 4.74 Å². The van der Waals surface area contributed by atoms with Gasteiger partial charge in [-0.25, -0.2) is 0 Å². The Morgan fingerprint density at radius 2 is 2.33 bits per heavy atom. The molecule has 3 atom stereocenters. The van der Waals surface area contributed by atoms with Gasteiger partial charge in [-0.05, 0) is 38.3 Å². The number of methoxy groups -OCH3 is 1. The zero-order valence-corrected chi connectivity index (χ0v) is 11.4. The van der Waals surface area contributed by atoms with E-state index in [0.717, 1.165) is 37.9 Å². The molecule has 2 fully saturated rings. The fraction of sp³-hybridized carbons (Fsp3) is 0.923. The number of hydrogen-bond donors (Lipinski definition) is 2. The smallest absolute Gasteiger partial charge is 0.234 e. The topological polar surface area (TPSA) is 53.6 Å². The molecule has 2 N–H and O–H groups in total. The second kappa shape index (κ2) is 6.50. The summed E-state index contributed by atoms with van der Waals surface area (Å²) in [6.07, 6.45) is 0.882. The summed E-state index contributed by atoms with van der Waals surface area (Å²) in [5, 5.41) is 6.39. The van der Waals surface area contributed by atoms with Gasteiger partial charge in [0.25, 0.3) is 0 Å². The summed E-state index contributed by atoms with van der Waals surface area (Å²) in [6.45, 7) is 7.49. The van der Waals surface area contributed by atoms with E-state index < -0.39 is 0 Å². The van der Waals surface area contributed by atoms with E-state index in [9.17, 15) is 4.79 Å². The summed E-state index contributed by atoms with van der Waals surface area (Å²) in [4.78, 5) is 14.1. The van der Waals surface area contributed by atoms with Crippen LogP contribution in [0.3, 0.4) is 0 Å². The van der Waals surface area contributed by atoms with Crippen LogP contribution < -0.4 is 10.6 Å². The van der Waals surface area contributed by atoms with Crippen molar-refractivity contribution < 1.29 is 9.53 Å². The number of hydrogen-bond acceptors (Lipinski definition) is 4. The summed E-state index contributed by atoms with van der Waals surface area (Å²) >= 11 is 0. The van der Waals surface area contributed by atoms with Crippen molar-refractivity contribution in [3.05, 3.63) is 0 Å². The number of rotatable bonds is 6. The van der Waals surface area contributed by atoms with Crippen LogP contribution >= 0.6 is 0 Å². The summed E-state index contributed by atoms with van der Waals surface area (Å²) in [5.74, 6) is 1.61. The highest BCUT2D eigenvalue weighted by atomic mass is 16.5. The first-order valence-electron chi connectivity index (χ1n) is 6.92. The van der Waals surface area contributed by atoms with Crippen LogP contribution in [0.2, 0.25) is 0 Å². The van der Waals surface area contributed by atoms with Crippen LogP contribution in [0.25, 0.3) is 0 Å². The Balaban J connectivity index is 1.68. The van der Waals surface area contributed by atoms with Gasteiger partial charge in [0, 0.05) is 32.8 Å². The lowest BCUT2D eigenvalue weighted by molar-refractivity contribution is -0.122. The van der Waals surface area contributed by atoms with Gasteiger partial charge in [-0.15, -0.1) is 0 Å². The fourth-order valence-corrected chi connectivity index (χ4v) is 3.15. The van der Waals surface area contributed by atoms with Crippen LogP contribution in [0.1, 0.15) is 13.3 Å². The van der Waals surface area contributed by atoms with Crippen molar-refractivity contribution in [2.45, 2.75) is 19.4 Å². The van der Waals surface area contributed by atoms with Crippen molar-refractivity contribution >= 4 is 5.91 Å². The first-order valence-corrected chi connectivity index (χ1v) is 6.92. The molecular formula is C13H25N3O2. The van der Waals surface area contributed by atoms with Crippen molar-refractivity contribution in [2.75, 3.05) is 46.4 Å². The van der Waals surface area contributed by atoms with Gasteiger partial charge in [-0.1, -0.05) is 0 Å². The van der Waals surface area contributed by atoms with E-state index in [0.29, 0.717) is 25.7 Å². The minimum absolute atomic E-state index is 0.144. The molecule has 3 unspecified atom stereocenters. The minimum atomic E-state index is 0.144. The van der Waals surface area contributed by atoms with Gasteiger partial charge >= 0.3 is 0 Å². The lowest BCUT2D eigenvalue weighted by Crippen LogP contribution is -2.41. The van der Waals surface area contributed by atoms with Gasteiger partial charge in [-0.3, -0.25) is 9.69 Å². The molecule has 0 saturated carbocycles. The van der Waals surface area contributed by atoms with Gasteiger partial charge in [0.15, 0.2) is 0 Å². The summed E-state index contributed by atoms with van der Waals surface area (Å²) < 4.78 is 4.96. The summed E-state index contributed by atoms with van der Waals surface area (Å²) in [5.41, 5.74) is 0. The Morgan fingerprint density at radius 1 is 1.50 bits per heavy atom. The van der Waals surface area contributed by atoms with Gasteiger partial charge < -0.3 is 15.4 Å². The molecule has 0 radical (unpaired) electrons. The predicted octanol–water partition coefficient (Wildman–Crippen LogP) is -0.321. The highest BCUT2D eigenvalue weighted by Crippen LogP contribution is 2.31. The third-order valence-electron chi connectivity index (χ3n) is 4.25. The maximum atomic E-state index is 11.8. The molecule has 0 aromatic rings. The highest BCUT2D eigenvalue weighted by molar-refractivity contribution is 5.78. The fourth-order valence-electron chi connectivity index (χ4n) is 3.15. The van der Waals surface area contributed by atoms with Crippen LogP contribution in [-0.4, -0.2) is 63.3 Å². The molecule has 104 valence electrons. The summed E-state index contributed by atoms with van der Waals surface area (Å²) in [7, 11) is 1.68. The van der Waals surface area contributed by atoms with Crippen LogP contribution in [-0.2, 0) is 9.53 Å². The molecule has 0 bridgehead atoms. The number of nitrogens with zero attached hydrogens (tertiary/aromatic N) is 1. The number of carbonyl (C=O) groups excluding carboxylic acids is 1. The highest BCUT2D eigenvalue weighted by Gasteiger charge is 2.41. The van der Waals surface area contributed by atoms with Crippen molar-refractivity contribution in [2.24, 2.45) is 11.8 Å². The zero-order valence-electron chi connectivity index (χ0n) is 11.4. The average Bonchev–Trinajstić information content (AvgIpc) is 2.90. The van der Waals surface area contributed by atoms with Gasteiger partial charge in [0.05, 0.1) is 6.54 Å². The van der Waals surface area contributed by atoms with Crippen LogP contribution in [0.4, 0.5) is 0 Å². The molecule has 0 aliphatic carbocycles. The van der Waals surface area contributed by atoms with Crippen LogP contribution in [0.15, 0.2) is 0 Å². The molecule has 2 aliphatic rings. The standard InChI is InChI=1S/C13H25N3O2/c1-10-12-7-14-6-11(12)8-16(10)9-13(17)15-4-3-5-18-2/h10-12,14H,3-9H2,1-2H3,(H,15,17). The molecule has 18 heavy (non-hydrogen) atoms. The predicted molar refractivity (Wildman–Crippen MR) is 70.4 cm³/mol. The van der Waals surface area contributed by atoms with Crippen molar-refractivity contribution in [3.8, 4) is 0 Å². The maximum absolute atomic E-state index is 11.8. The molecule has 0 spiro atoms. The Morgan fingerprint density at radius 3 is 3.06 bits per heavy atom. The van der Waals surface area contributed by atoms with E-state index in [1.807, 2.05) is 0 Å². The van der Waals surface area contributed by atoms with Crippen molar-refractivity contribution in [3.63, 3.8) is 0 Å². The molecule has 1 amide bonds. The third kappa shape index (κ3) is 3.22. The number of ether oxygens (including phenoxy) is 1. The van der Waals surface area contributed by atoms with Crippen LogP contribution in [0.5, 0.6) is 0 Å². The number of amides is 1. The SMILES string of the molecule is COCCCNC(=O)CN1CC2CNCC2C1C. The van der Waals surface area contributed by atoms with Crippen molar-refractivity contribution in [1.29, 1.82) is 0 Å². The maximum Gasteiger partial charge on any atom is 0.234 e. The number of likely N-dealkylation sites (tertiary alicyclic amines) is 1. The van der Waals surface area contributed by atoms with Gasteiger partial charge in [0.1, 0.15) is 0 Å². The molecule has 0 aromatic carbocycles. The number of fused-ring (bicyclic) bond motifs is 1. The van der Waals surface area contributed by atoms with E-state index in [1.54, 1.807) is 7.11 Å². The van der Waals surface area contributed by atoms with E-state index in [-0.39, 0.29) is 5.91 Å². The molecule has 2 saturated heterocycles. The Kier molecular flexibility index (Phi) is 4.97. The van der Waals surface area contributed by atoms with Gasteiger partial charge in [0.2, 0.25) is 5.91 Å². The first-order chi connectivity index (χ1) is 8.72. The Labute approximate surface area is 109 Å². The second-order valence-electron chi connectivity index (χ2n) is 5.45. The Hall–Kier alpha value is -0.650. The van der Waals surface area contributed by atoms with E-state index in [1.165, 1.54) is 0 Å². The molecule has 5 nitrogen and oxygen atoms in total. The van der Waals surface area contributed by atoms with Crippen molar-refractivity contribution in [1.82, 2.24) is 15.5 Å². The Bertz CT molecular complexity index is 285. The zero-order chi connectivity index (χ0) is 13.0. The number of nitrogens with one attached hydrogen (secondary N) is 2. The normalized spacial score (nSPS) is 31.6. The third-order valence-corrected chi connectivity index (χ3v) is 4.25. The number of carbonyl (C=O) groups is 1. The lowest BCUT2D eigenvalue weighted by atomic mass is 9.95. The molecular weight excluding hydrogens is 230 g/mol. The molecule has 5 heteroatoms. The van der Waals surface area contributed by atoms with Crippen LogP contribution in [0, 0.1) is 11.8 Å². The second-order valence-corrected chi connectivity index (χ2v) is 5.45. The van der Waals surface area contributed by atoms with E-state index >= 15 is 0 Å². The summed E-state index contributed by atoms with van der Waals surface area (Å²) in [6, 6.07) is 0.523. The average molecular weight is 255 g/mol. The van der Waals surface area contributed by atoms with E-state index in [2.05, 4.69) is 22.5 Å². The minimum Gasteiger partial charge on any atom is -0.385 e.